The predicted molar refractivity (Wildman–Crippen MR) is 35.5 cm³/mol. The van der Waals surface area contributed by atoms with Gasteiger partial charge in [-0.25, -0.2) is 0 Å². The van der Waals surface area contributed by atoms with E-state index >= 15 is 0 Å². The Bertz CT molecular complexity index is 25.4. The molecule has 0 atom stereocenters. The van der Waals surface area contributed by atoms with E-state index in [1.54, 1.807) is 0 Å². The third-order valence-corrected chi connectivity index (χ3v) is 0.348. The zero-order valence-corrected chi connectivity index (χ0v) is 5.49. The van der Waals surface area contributed by atoms with Gasteiger partial charge in [-0.3, -0.25) is 0 Å². The fraction of sp³-hybridized carbons (Fsp3) is 0.667. The van der Waals surface area contributed by atoms with Crippen LogP contribution in [0.3, 0.4) is 0 Å². The molecule has 7 heavy (non-hydrogen) atoms. The van der Waals surface area contributed by atoms with Gasteiger partial charge in [-0.05, 0) is 7.05 Å². The first kappa shape index (κ1) is 9.85. The quantitative estimate of drug-likeness (QED) is 0.519. The minimum Gasteiger partial charge on any atom is -0.316 e. The van der Waals surface area contributed by atoms with Gasteiger partial charge in [0.1, 0.15) is 0 Å². The topological polar surface area (TPSA) is 12.0 Å². The molecule has 0 rings (SSSR count). The maximum Gasteiger partial charge on any atom is 0.0129 e. The molecule has 0 spiro atoms. The van der Waals surface area contributed by atoms with E-state index in [4.69, 9.17) is 0 Å². The second-order valence-corrected chi connectivity index (χ2v) is 0.846. The largest absolute Gasteiger partial charge is 0.316 e. The van der Waals surface area contributed by atoms with Crippen molar-refractivity contribution in [2.45, 2.75) is 13.8 Å². The molecular weight excluding hydrogens is 86.1 g/mol. The van der Waals surface area contributed by atoms with Gasteiger partial charge in [0.25, 0.3) is 0 Å². The molecule has 0 bridgehead atoms. The van der Waals surface area contributed by atoms with Crippen LogP contribution in [-0.4, -0.2) is 13.6 Å². The Labute approximate surface area is 46.4 Å². The van der Waals surface area contributed by atoms with E-state index in [9.17, 15) is 0 Å². The van der Waals surface area contributed by atoms with Crippen LogP contribution in [0.5, 0.6) is 0 Å². The number of hydrogen-bond donors (Lipinski definition) is 1. The third kappa shape index (κ3) is 27.0. The molecule has 0 saturated heterocycles. The summed E-state index contributed by atoms with van der Waals surface area (Å²) in [6.07, 6.45) is 1.82. The Hall–Kier alpha value is -0.300. The first-order chi connectivity index (χ1) is 3.41. The second kappa shape index (κ2) is 17.3. The molecule has 1 nitrogen and oxygen atoms in total. The summed E-state index contributed by atoms with van der Waals surface area (Å²) in [5, 5.41) is 2.90. The lowest BCUT2D eigenvalue weighted by molar-refractivity contribution is 0.921. The minimum atomic E-state index is 0.903. The summed E-state index contributed by atoms with van der Waals surface area (Å²) in [6, 6.07) is 0. The molecule has 0 aliphatic carbocycles. The number of rotatable bonds is 2. The molecule has 0 unspecified atom stereocenters. The van der Waals surface area contributed by atoms with Crippen molar-refractivity contribution in [3.63, 3.8) is 0 Å². The smallest absolute Gasteiger partial charge is 0.0129 e. The summed E-state index contributed by atoms with van der Waals surface area (Å²) < 4.78 is 0. The van der Waals surface area contributed by atoms with Crippen molar-refractivity contribution in [3.05, 3.63) is 12.7 Å². The Balaban J connectivity index is 0. The van der Waals surface area contributed by atoms with Crippen LogP contribution in [-0.2, 0) is 0 Å². The molecule has 0 heterocycles. The van der Waals surface area contributed by atoms with E-state index in [1.807, 2.05) is 27.0 Å². The molecule has 0 radical (unpaired) electrons. The van der Waals surface area contributed by atoms with E-state index in [1.165, 1.54) is 0 Å². The monoisotopic (exact) mass is 101 g/mol. The van der Waals surface area contributed by atoms with Crippen molar-refractivity contribution < 1.29 is 0 Å². The molecule has 0 saturated carbocycles. The lowest BCUT2D eigenvalue weighted by Gasteiger charge is -1.79. The van der Waals surface area contributed by atoms with Crippen molar-refractivity contribution in [2.75, 3.05) is 13.6 Å². The van der Waals surface area contributed by atoms with Crippen LogP contribution in [0.4, 0.5) is 0 Å². The lowest BCUT2D eigenvalue weighted by Crippen LogP contribution is -2.02. The van der Waals surface area contributed by atoms with Gasteiger partial charge < -0.3 is 5.32 Å². The van der Waals surface area contributed by atoms with Gasteiger partial charge in [0.05, 0.1) is 0 Å². The average molecular weight is 101 g/mol. The first-order valence-corrected chi connectivity index (χ1v) is 2.67. The van der Waals surface area contributed by atoms with E-state index in [0.717, 1.165) is 6.54 Å². The lowest BCUT2D eigenvalue weighted by atomic mass is 10.6. The summed E-state index contributed by atoms with van der Waals surface area (Å²) in [5.74, 6) is 0. The Kier molecular flexibility index (Phi) is 24.3. The minimum absolute atomic E-state index is 0.903. The summed E-state index contributed by atoms with van der Waals surface area (Å²) >= 11 is 0. The van der Waals surface area contributed by atoms with E-state index in [2.05, 4.69) is 11.9 Å². The van der Waals surface area contributed by atoms with Gasteiger partial charge in [-0.2, -0.15) is 0 Å². The van der Waals surface area contributed by atoms with Gasteiger partial charge in [0.15, 0.2) is 0 Å². The molecule has 0 amide bonds. The van der Waals surface area contributed by atoms with Crippen LogP contribution in [0.2, 0.25) is 0 Å². The van der Waals surface area contributed by atoms with Gasteiger partial charge in [0, 0.05) is 6.54 Å². The summed E-state index contributed by atoms with van der Waals surface area (Å²) in [5.41, 5.74) is 0. The van der Waals surface area contributed by atoms with Crippen LogP contribution in [0, 0.1) is 0 Å². The van der Waals surface area contributed by atoms with Gasteiger partial charge in [0.2, 0.25) is 0 Å². The van der Waals surface area contributed by atoms with E-state index in [-0.39, 0.29) is 0 Å². The van der Waals surface area contributed by atoms with Crippen molar-refractivity contribution in [1.82, 2.24) is 5.32 Å². The Morgan fingerprint density at radius 3 is 2.00 bits per heavy atom. The summed E-state index contributed by atoms with van der Waals surface area (Å²) in [6.45, 7) is 8.39. The van der Waals surface area contributed by atoms with Crippen LogP contribution < -0.4 is 5.32 Å². The van der Waals surface area contributed by atoms with Crippen LogP contribution in [0.25, 0.3) is 0 Å². The molecule has 0 aromatic rings. The average Bonchev–Trinajstić information content (AvgIpc) is 1.75. The highest BCUT2D eigenvalue weighted by atomic mass is 14.8. The Morgan fingerprint density at radius 1 is 1.57 bits per heavy atom. The SMILES string of the molecule is C=CCNC.CC. The molecule has 0 aromatic carbocycles. The zero-order valence-electron chi connectivity index (χ0n) is 5.49. The molecule has 0 aliphatic heterocycles. The molecule has 44 valence electrons. The number of hydrogen-bond acceptors (Lipinski definition) is 1. The van der Waals surface area contributed by atoms with Crippen molar-refractivity contribution in [2.24, 2.45) is 0 Å². The summed E-state index contributed by atoms with van der Waals surface area (Å²) in [4.78, 5) is 0. The Morgan fingerprint density at radius 2 is 2.00 bits per heavy atom. The van der Waals surface area contributed by atoms with Gasteiger partial charge >= 0.3 is 0 Å². The van der Waals surface area contributed by atoms with Crippen LogP contribution in [0.15, 0.2) is 12.7 Å². The predicted octanol–water partition coefficient (Wildman–Crippen LogP) is 1.42. The number of likely N-dealkylation sites (N-methyl/N-ethyl adjacent to an activating group) is 1. The maximum atomic E-state index is 3.49. The molecular formula is C6H15N. The van der Waals surface area contributed by atoms with Crippen LogP contribution in [0.1, 0.15) is 13.8 Å². The first-order valence-electron chi connectivity index (χ1n) is 2.67. The fourth-order valence-corrected chi connectivity index (χ4v) is 0.144. The normalized spacial score (nSPS) is 6.14. The third-order valence-electron chi connectivity index (χ3n) is 0.348. The van der Waals surface area contributed by atoms with Gasteiger partial charge in [-0.15, -0.1) is 6.58 Å². The summed E-state index contributed by atoms with van der Waals surface area (Å²) in [7, 11) is 1.89. The molecule has 1 N–H and O–H groups in total. The van der Waals surface area contributed by atoms with Crippen molar-refractivity contribution in [3.8, 4) is 0 Å². The molecule has 1 heteroatoms. The van der Waals surface area contributed by atoms with Gasteiger partial charge in [-0.1, -0.05) is 19.9 Å². The highest BCUT2D eigenvalue weighted by molar-refractivity contribution is 4.66. The zero-order chi connectivity index (χ0) is 6.12. The molecule has 0 aliphatic rings. The van der Waals surface area contributed by atoms with Crippen LogP contribution >= 0.6 is 0 Å². The fourth-order valence-electron chi connectivity index (χ4n) is 0.144. The maximum absolute atomic E-state index is 3.49. The number of nitrogens with one attached hydrogen (secondary N) is 1. The van der Waals surface area contributed by atoms with Crippen molar-refractivity contribution >= 4 is 0 Å². The van der Waals surface area contributed by atoms with E-state index < -0.39 is 0 Å². The van der Waals surface area contributed by atoms with E-state index in [0.29, 0.717) is 0 Å². The highest BCUT2D eigenvalue weighted by Gasteiger charge is 1.56. The standard InChI is InChI=1S/C4H9N.C2H6/c1-3-4-5-2;1-2/h3,5H,1,4H2,2H3;1-2H3. The highest BCUT2D eigenvalue weighted by Crippen LogP contribution is 1.48. The van der Waals surface area contributed by atoms with Crippen molar-refractivity contribution in [1.29, 1.82) is 0 Å². The second-order valence-electron chi connectivity index (χ2n) is 0.846. The molecule has 0 fully saturated rings. The molecule has 0 aromatic heterocycles.